The molecule has 0 aliphatic rings. The molecule has 0 radical (unpaired) electrons. The molecule has 0 bridgehead atoms. The molecule has 0 fully saturated rings. The Balaban J connectivity index is 3.05. The number of allylic oxidation sites excluding steroid dienone is 3. The minimum Gasteiger partial charge on any atom is -0.293 e. The van der Waals surface area contributed by atoms with Crippen LogP contribution in [0.1, 0.15) is 12.5 Å². The van der Waals surface area contributed by atoms with E-state index in [0.717, 1.165) is 16.8 Å². The topological polar surface area (TPSA) is 25.2 Å². The summed E-state index contributed by atoms with van der Waals surface area (Å²) in [4.78, 5) is 8.13. The molecule has 0 saturated heterocycles. The van der Waals surface area contributed by atoms with Gasteiger partial charge in [-0.2, -0.15) is 0 Å². The lowest BCUT2D eigenvalue weighted by Crippen LogP contribution is -1.88. The van der Waals surface area contributed by atoms with Gasteiger partial charge in [0, 0.05) is 30.7 Å². The maximum atomic E-state index is 4.07. The third-order valence-electron chi connectivity index (χ3n) is 1.93. The molecule has 0 saturated carbocycles. The zero-order chi connectivity index (χ0) is 10.4. The van der Waals surface area contributed by atoms with Crippen LogP contribution in [0.5, 0.6) is 0 Å². The third kappa shape index (κ3) is 2.66. The second-order valence-electron chi connectivity index (χ2n) is 2.91. The maximum Gasteiger partial charge on any atom is 0.0346 e. The Morgan fingerprint density at radius 1 is 1.57 bits per heavy atom. The predicted octanol–water partition coefficient (Wildman–Crippen LogP) is 2.74. The van der Waals surface area contributed by atoms with E-state index in [-0.39, 0.29) is 0 Å². The highest BCUT2D eigenvalue weighted by atomic mass is 14.7. The summed E-state index contributed by atoms with van der Waals surface area (Å²) in [6.45, 7) is 5.73. The van der Waals surface area contributed by atoms with E-state index in [1.54, 1.807) is 13.2 Å². The van der Waals surface area contributed by atoms with Gasteiger partial charge in [-0.1, -0.05) is 18.7 Å². The summed E-state index contributed by atoms with van der Waals surface area (Å²) in [6.07, 6.45) is 7.37. The fraction of sp³-hybridized carbons (Fsp3) is 0.167. The van der Waals surface area contributed by atoms with Crippen LogP contribution in [0.3, 0.4) is 0 Å². The number of hydrogen-bond donors (Lipinski definition) is 0. The average molecular weight is 186 g/mol. The number of pyridine rings is 1. The second-order valence-corrected chi connectivity index (χ2v) is 2.91. The van der Waals surface area contributed by atoms with Crippen molar-refractivity contribution in [3.05, 3.63) is 48.8 Å². The van der Waals surface area contributed by atoms with Crippen LogP contribution >= 0.6 is 0 Å². The van der Waals surface area contributed by atoms with Crippen molar-refractivity contribution < 1.29 is 0 Å². The fourth-order valence-electron chi connectivity index (χ4n) is 1.08. The van der Waals surface area contributed by atoms with Gasteiger partial charge in [-0.15, -0.1) is 0 Å². The van der Waals surface area contributed by atoms with Gasteiger partial charge >= 0.3 is 0 Å². The first-order valence-electron chi connectivity index (χ1n) is 4.46. The smallest absolute Gasteiger partial charge is 0.0346 e. The summed E-state index contributed by atoms with van der Waals surface area (Å²) in [6, 6.07) is 3.91. The first-order chi connectivity index (χ1) is 6.77. The van der Waals surface area contributed by atoms with E-state index >= 15 is 0 Å². The monoisotopic (exact) mass is 186 g/mol. The summed E-state index contributed by atoms with van der Waals surface area (Å²) in [5.41, 5.74) is 3.08. The highest BCUT2D eigenvalue weighted by Gasteiger charge is 1.96. The SMILES string of the molecule is C=C/C(=C\C(C)=NC)c1cccnc1. The molecule has 0 atom stereocenters. The average Bonchev–Trinajstić information content (AvgIpc) is 2.26. The first kappa shape index (κ1) is 10.4. The van der Waals surface area contributed by atoms with Gasteiger partial charge in [-0.05, 0) is 24.6 Å². The van der Waals surface area contributed by atoms with E-state index in [2.05, 4.69) is 16.6 Å². The molecule has 0 amide bonds. The molecule has 72 valence electrons. The molecule has 1 rings (SSSR count). The van der Waals surface area contributed by atoms with Crippen molar-refractivity contribution in [1.82, 2.24) is 4.98 Å². The minimum atomic E-state index is 0.976. The molecule has 14 heavy (non-hydrogen) atoms. The van der Waals surface area contributed by atoms with Gasteiger partial charge in [-0.25, -0.2) is 0 Å². The molecule has 2 heteroatoms. The van der Waals surface area contributed by atoms with Crippen LogP contribution in [0, 0.1) is 0 Å². The molecule has 0 aromatic carbocycles. The minimum absolute atomic E-state index is 0.976. The highest BCUT2D eigenvalue weighted by molar-refractivity contribution is 6.00. The number of hydrogen-bond acceptors (Lipinski definition) is 2. The lowest BCUT2D eigenvalue weighted by molar-refractivity contribution is 1.31. The predicted molar refractivity (Wildman–Crippen MR) is 61.4 cm³/mol. The molecular weight excluding hydrogens is 172 g/mol. The van der Waals surface area contributed by atoms with E-state index in [1.807, 2.05) is 37.4 Å². The number of aliphatic imine (C=N–C) groups is 1. The van der Waals surface area contributed by atoms with Gasteiger partial charge < -0.3 is 0 Å². The van der Waals surface area contributed by atoms with Crippen LogP contribution in [-0.4, -0.2) is 17.7 Å². The number of aromatic nitrogens is 1. The van der Waals surface area contributed by atoms with Crippen molar-refractivity contribution in [3.63, 3.8) is 0 Å². The zero-order valence-electron chi connectivity index (χ0n) is 8.57. The number of rotatable bonds is 3. The van der Waals surface area contributed by atoms with Gasteiger partial charge in [-0.3, -0.25) is 9.98 Å². The zero-order valence-corrected chi connectivity index (χ0v) is 8.57. The van der Waals surface area contributed by atoms with Gasteiger partial charge in [0.1, 0.15) is 0 Å². The molecule has 0 unspecified atom stereocenters. The summed E-state index contributed by atoms with van der Waals surface area (Å²) < 4.78 is 0. The molecule has 0 aliphatic carbocycles. The van der Waals surface area contributed by atoms with E-state index < -0.39 is 0 Å². The maximum absolute atomic E-state index is 4.07. The largest absolute Gasteiger partial charge is 0.293 e. The summed E-state index contributed by atoms with van der Waals surface area (Å²) >= 11 is 0. The van der Waals surface area contributed by atoms with Crippen LogP contribution in [0.4, 0.5) is 0 Å². The Morgan fingerprint density at radius 2 is 2.36 bits per heavy atom. The van der Waals surface area contributed by atoms with Crippen molar-refractivity contribution in [2.75, 3.05) is 7.05 Å². The van der Waals surface area contributed by atoms with Crippen molar-refractivity contribution in [2.24, 2.45) is 4.99 Å². The standard InChI is InChI=1S/C12H14N2/c1-4-11(8-10(2)13-3)12-6-5-7-14-9-12/h4-9H,1H2,2-3H3/b11-8+,13-10?. The normalized spacial score (nSPS) is 12.7. The van der Waals surface area contributed by atoms with Crippen LogP contribution in [0.2, 0.25) is 0 Å². The quantitative estimate of drug-likeness (QED) is 0.526. The first-order valence-corrected chi connectivity index (χ1v) is 4.46. The molecule has 1 aromatic heterocycles. The van der Waals surface area contributed by atoms with Crippen molar-refractivity contribution in [2.45, 2.75) is 6.92 Å². The van der Waals surface area contributed by atoms with Crippen LogP contribution in [-0.2, 0) is 0 Å². The van der Waals surface area contributed by atoms with E-state index in [4.69, 9.17) is 0 Å². The Labute approximate surface area is 84.7 Å². The number of nitrogens with zero attached hydrogens (tertiary/aromatic N) is 2. The fourth-order valence-corrected chi connectivity index (χ4v) is 1.08. The summed E-state index contributed by atoms with van der Waals surface area (Å²) in [5, 5.41) is 0. The van der Waals surface area contributed by atoms with Crippen molar-refractivity contribution in [3.8, 4) is 0 Å². The van der Waals surface area contributed by atoms with Gasteiger partial charge in [0.15, 0.2) is 0 Å². The van der Waals surface area contributed by atoms with Gasteiger partial charge in [0.2, 0.25) is 0 Å². The van der Waals surface area contributed by atoms with E-state index in [9.17, 15) is 0 Å². The second kappa shape index (κ2) is 5.12. The Bertz CT molecular complexity index is 361. The van der Waals surface area contributed by atoms with Gasteiger partial charge in [0.25, 0.3) is 0 Å². The molecular formula is C12H14N2. The molecule has 0 spiro atoms. The molecule has 1 heterocycles. The molecule has 1 aromatic rings. The molecule has 2 nitrogen and oxygen atoms in total. The van der Waals surface area contributed by atoms with Crippen LogP contribution in [0.25, 0.3) is 5.57 Å². The molecule has 0 N–H and O–H groups in total. The van der Waals surface area contributed by atoms with E-state index in [1.165, 1.54) is 0 Å². The van der Waals surface area contributed by atoms with E-state index in [0.29, 0.717) is 0 Å². The Morgan fingerprint density at radius 3 is 2.86 bits per heavy atom. The lowest BCUT2D eigenvalue weighted by atomic mass is 10.1. The summed E-state index contributed by atoms with van der Waals surface area (Å²) in [7, 11) is 1.77. The third-order valence-corrected chi connectivity index (χ3v) is 1.93. The van der Waals surface area contributed by atoms with Crippen molar-refractivity contribution >= 4 is 11.3 Å². The van der Waals surface area contributed by atoms with Crippen LogP contribution in [0.15, 0.2) is 48.2 Å². The highest BCUT2D eigenvalue weighted by Crippen LogP contribution is 2.13. The van der Waals surface area contributed by atoms with Crippen molar-refractivity contribution in [1.29, 1.82) is 0 Å². The Kier molecular flexibility index (Phi) is 3.80. The lowest BCUT2D eigenvalue weighted by Gasteiger charge is -2.00. The summed E-state index contributed by atoms with van der Waals surface area (Å²) in [5.74, 6) is 0. The molecule has 0 aliphatic heterocycles. The van der Waals surface area contributed by atoms with Crippen LogP contribution < -0.4 is 0 Å². The van der Waals surface area contributed by atoms with Gasteiger partial charge in [0.05, 0.1) is 0 Å². The Hall–Kier alpha value is -1.70.